The van der Waals surface area contributed by atoms with Crippen LogP contribution in [0, 0.1) is 0 Å². The number of amides is 1. The average Bonchev–Trinajstić information content (AvgIpc) is 3.00. The molecule has 44 heavy (non-hydrogen) atoms. The van der Waals surface area contributed by atoms with Crippen LogP contribution in [-0.2, 0) is 19.1 Å². The zero-order valence-corrected chi connectivity index (χ0v) is 28.2. The number of nitrogens with one attached hydrogen (secondary N) is 1. The van der Waals surface area contributed by atoms with Gasteiger partial charge in [0.25, 0.3) is 0 Å². The molecule has 0 heterocycles. The van der Waals surface area contributed by atoms with Gasteiger partial charge in [-0.15, -0.1) is 0 Å². The molecule has 6 heteroatoms. The lowest BCUT2D eigenvalue weighted by atomic mass is 10.1. The Kier molecular flexibility index (Phi) is 31.3. The van der Waals surface area contributed by atoms with Gasteiger partial charge >= 0.3 is 11.9 Å². The molecule has 0 aliphatic rings. The summed E-state index contributed by atoms with van der Waals surface area (Å²) in [6, 6.07) is 0. The molecule has 0 aromatic heterocycles. The summed E-state index contributed by atoms with van der Waals surface area (Å²) < 4.78 is 5.75. The predicted molar refractivity (Wildman–Crippen MR) is 185 cm³/mol. The average molecular weight is 616 g/mol. The van der Waals surface area contributed by atoms with Gasteiger partial charge in [0.15, 0.2) is 0 Å². The number of hydrogen-bond acceptors (Lipinski definition) is 4. The molecule has 0 aromatic carbocycles. The maximum atomic E-state index is 12.5. The number of allylic oxidation sites excluding steroid dienone is 6. The van der Waals surface area contributed by atoms with E-state index in [9.17, 15) is 14.4 Å². The van der Waals surface area contributed by atoms with Gasteiger partial charge in [-0.3, -0.25) is 14.4 Å². The Labute approximate surface area is 269 Å². The Morgan fingerprint density at radius 2 is 1.14 bits per heavy atom. The van der Waals surface area contributed by atoms with Crippen molar-refractivity contribution in [3.8, 4) is 0 Å². The van der Waals surface area contributed by atoms with Crippen molar-refractivity contribution >= 4 is 17.8 Å². The van der Waals surface area contributed by atoms with E-state index in [1.54, 1.807) is 0 Å². The minimum atomic E-state index is -1.03. The highest BCUT2D eigenvalue weighted by Gasteiger charge is 2.09. The van der Waals surface area contributed by atoms with Gasteiger partial charge in [-0.2, -0.15) is 0 Å². The molecule has 1 unspecified atom stereocenters. The van der Waals surface area contributed by atoms with E-state index < -0.39 is 5.97 Å². The van der Waals surface area contributed by atoms with Gasteiger partial charge in [0, 0.05) is 12.8 Å². The van der Waals surface area contributed by atoms with Gasteiger partial charge in [0.05, 0.1) is 0 Å². The molecule has 0 rings (SSSR count). The summed E-state index contributed by atoms with van der Waals surface area (Å²) in [4.78, 5) is 34.6. The molecule has 252 valence electrons. The number of unbranched alkanes of at least 4 members (excludes halogenated alkanes) is 16. The summed E-state index contributed by atoms with van der Waals surface area (Å²) in [5.41, 5.74) is 0. The van der Waals surface area contributed by atoms with E-state index in [1.165, 1.54) is 83.5 Å². The van der Waals surface area contributed by atoms with E-state index in [1.807, 2.05) is 24.3 Å². The number of hydrogen-bond donors (Lipinski definition) is 2. The standard InChI is InChI=1S/C38H65NO5/c1-3-5-7-9-10-11-12-13-14-15-16-17-18-19-20-25-29-33-38(43)44-35(30-26-22-8-6-4-2)31-27-23-21-24-28-32-36(40)39-34-37(41)42/h6,8,13-14,26-27,30-31,35H,3-5,7,9-12,15-25,28-29,32-34H2,1-2H3,(H,39,40)(H,41,42)/b8-6-,14-13-,30-26-,31-27-. The number of carboxylic acids is 1. The van der Waals surface area contributed by atoms with Crippen molar-refractivity contribution in [3.05, 3.63) is 48.6 Å². The molecule has 1 amide bonds. The van der Waals surface area contributed by atoms with Gasteiger partial charge < -0.3 is 15.2 Å². The SMILES string of the molecule is CC/C=C\C/C=C\C(/C=C\CCCCCC(=O)NCC(=O)O)OC(=O)CCCCCCCCC/C=C\CCCCCCCC. The fraction of sp³-hybridized carbons (Fsp3) is 0.711. The molecule has 0 bridgehead atoms. The summed E-state index contributed by atoms with van der Waals surface area (Å²) in [6.45, 7) is 4.04. The van der Waals surface area contributed by atoms with Gasteiger partial charge in [0.2, 0.25) is 5.91 Å². The molecule has 0 saturated carbocycles. The first-order valence-corrected chi connectivity index (χ1v) is 17.8. The van der Waals surface area contributed by atoms with E-state index in [0.29, 0.717) is 12.8 Å². The lowest BCUT2D eigenvalue weighted by Gasteiger charge is -2.11. The van der Waals surface area contributed by atoms with Crippen LogP contribution in [-0.4, -0.2) is 35.6 Å². The molecule has 0 aromatic rings. The van der Waals surface area contributed by atoms with Gasteiger partial charge in [-0.25, -0.2) is 0 Å². The largest absolute Gasteiger partial charge is 0.480 e. The Balaban J connectivity index is 4.05. The third-order valence-electron chi connectivity index (χ3n) is 7.45. The molecular weight excluding hydrogens is 550 g/mol. The van der Waals surface area contributed by atoms with Crippen molar-refractivity contribution < 1.29 is 24.2 Å². The molecule has 0 aliphatic heterocycles. The quantitative estimate of drug-likeness (QED) is 0.0460. The summed E-state index contributed by atoms with van der Waals surface area (Å²) >= 11 is 0. The van der Waals surface area contributed by atoms with E-state index in [2.05, 4.69) is 43.5 Å². The Hall–Kier alpha value is -2.63. The van der Waals surface area contributed by atoms with E-state index in [4.69, 9.17) is 9.84 Å². The molecule has 6 nitrogen and oxygen atoms in total. The minimum absolute atomic E-state index is 0.145. The number of esters is 1. The second kappa shape index (κ2) is 33.3. The van der Waals surface area contributed by atoms with Crippen LogP contribution in [0.25, 0.3) is 0 Å². The fourth-order valence-electron chi connectivity index (χ4n) is 4.82. The maximum Gasteiger partial charge on any atom is 0.322 e. The topological polar surface area (TPSA) is 92.7 Å². The third kappa shape index (κ3) is 32.3. The molecule has 0 aliphatic carbocycles. The second-order valence-electron chi connectivity index (χ2n) is 11.7. The smallest absolute Gasteiger partial charge is 0.322 e. The van der Waals surface area contributed by atoms with Crippen molar-refractivity contribution in [3.63, 3.8) is 0 Å². The molecule has 0 saturated heterocycles. The van der Waals surface area contributed by atoms with Crippen LogP contribution in [0.15, 0.2) is 48.6 Å². The highest BCUT2D eigenvalue weighted by Crippen LogP contribution is 2.13. The van der Waals surface area contributed by atoms with Crippen LogP contribution < -0.4 is 5.32 Å². The van der Waals surface area contributed by atoms with E-state index in [-0.39, 0.29) is 24.5 Å². The van der Waals surface area contributed by atoms with Crippen molar-refractivity contribution in [2.45, 2.75) is 168 Å². The first-order chi connectivity index (χ1) is 21.5. The minimum Gasteiger partial charge on any atom is -0.480 e. The first kappa shape index (κ1) is 41.4. The van der Waals surface area contributed by atoms with E-state index in [0.717, 1.165) is 51.4 Å². The normalized spacial score (nSPS) is 12.6. The van der Waals surface area contributed by atoms with Crippen molar-refractivity contribution in [2.75, 3.05) is 6.54 Å². The molecule has 1 atom stereocenters. The van der Waals surface area contributed by atoms with Crippen molar-refractivity contribution in [1.82, 2.24) is 5.32 Å². The highest BCUT2D eigenvalue weighted by molar-refractivity contribution is 5.80. The summed E-state index contributed by atoms with van der Waals surface area (Å²) in [5.74, 6) is -1.41. The lowest BCUT2D eigenvalue weighted by molar-refractivity contribution is -0.145. The van der Waals surface area contributed by atoms with Gasteiger partial charge in [-0.05, 0) is 76.4 Å². The summed E-state index contributed by atoms with van der Waals surface area (Å²) in [5, 5.41) is 11.0. The molecule has 0 fully saturated rings. The fourth-order valence-corrected chi connectivity index (χ4v) is 4.82. The third-order valence-corrected chi connectivity index (χ3v) is 7.45. The molecular formula is C38H65NO5. The Morgan fingerprint density at radius 3 is 1.75 bits per heavy atom. The molecule has 0 radical (unpaired) electrons. The van der Waals surface area contributed by atoms with Crippen LogP contribution >= 0.6 is 0 Å². The van der Waals surface area contributed by atoms with Crippen LogP contribution in [0.4, 0.5) is 0 Å². The van der Waals surface area contributed by atoms with Gasteiger partial charge in [-0.1, -0.05) is 121 Å². The number of rotatable bonds is 31. The van der Waals surface area contributed by atoms with Crippen molar-refractivity contribution in [2.24, 2.45) is 0 Å². The first-order valence-electron chi connectivity index (χ1n) is 17.8. The Morgan fingerprint density at radius 1 is 0.614 bits per heavy atom. The number of aliphatic carboxylic acids is 1. The number of carbonyl (C=O) groups excluding carboxylic acids is 2. The second-order valence-corrected chi connectivity index (χ2v) is 11.7. The van der Waals surface area contributed by atoms with E-state index >= 15 is 0 Å². The van der Waals surface area contributed by atoms with Crippen LogP contribution in [0.3, 0.4) is 0 Å². The predicted octanol–water partition coefficient (Wildman–Crippen LogP) is 10.3. The van der Waals surface area contributed by atoms with Crippen LogP contribution in [0.5, 0.6) is 0 Å². The summed E-state index contributed by atoms with van der Waals surface area (Å²) in [6.07, 6.45) is 41.4. The number of ether oxygens (including phenoxy) is 1. The molecule has 2 N–H and O–H groups in total. The van der Waals surface area contributed by atoms with Crippen LogP contribution in [0.1, 0.15) is 162 Å². The zero-order valence-electron chi connectivity index (χ0n) is 28.2. The lowest BCUT2D eigenvalue weighted by Crippen LogP contribution is -2.28. The zero-order chi connectivity index (χ0) is 32.4. The number of carbonyl (C=O) groups is 3. The summed E-state index contributed by atoms with van der Waals surface area (Å²) in [7, 11) is 0. The van der Waals surface area contributed by atoms with Crippen molar-refractivity contribution in [1.29, 1.82) is 0 Å². The maximum absolute atomic E-state index is 12.5. The molecule has 0 spiro atoms. The highest BCUT2D eigenvalue weighted by atomic mass is 16.5. The van der Waals surface area contributed by atoms with Gasteiger partial charge in [0.1, 0.15) is 12.6 Å². The number of carboxylic acid groups (broad SMARTS) is 1. The van der Waals surface area contributed by atoms with Crippen LogP contribution in [0.2, 0.25) is 0 Å². The monoisotopic (exact) mass is 615 g/mol. The Bertz CT molecular complexity index is 814.